The molecule has 0 saturated carbocycles. The molecular formula is C19H14F2O3. The van der Waals surface area contributed by atoms with Crippen molar-refractivity contribution in [2.75, 3.05) is 6.61 Å². The number of ketones is 1. The van der Waals surface area contributed by atoms with E-state index in [4.69, 9.17) is 9.47 Å². The third kappa shape index (κ3) is 1.85. The molecule has 2 aliphatic rings. The van der Waals surface area contributed by atoms with Crippen LogP contribution in [0.5, 0.6) is 0 Å². The number of halogens is 2. The van der Waals surface area contributed by atoms with Crippen LogP contribution in [0.25, 0.3) is 0 Å². The minimum Gasteiger partial charge on any atom is -0.336 e. The number of hydrogen-bond donors (Lipinski definition) is 0. The number of rotatable bonds is 1. The number of carbonyl (C=O) groups excluding carboxylic acids is 1. The molecule has 1 heterocycles. The van der Waals surface area contributed by atoms with Gasteiger partial charge >= 0.3 is 5.92 Å². The van der Waals surface area contributed by atoms with Gasteiger partial charge < -0.3 is 9.47 Å². The predicted octanol–water partition coefficient (Wildman–Crippen LogP) is 4.02. The van der Waals surface area contributed by atoms with E-state index < -0.39 is 23.6 Å². The molecule has 122 valence electrons. The van der Waals surface area contributed by atoms with Gasteiger partial charge in [-0.05, 0) is 11.1 Å². The third-order valence-corrected chi connectivity index (χ3v) is 4.44. The zero-order valence-electron chi connectivity index (χ0n) is 12.7. The predicted molar refractivity (Wildman–Crippen MR) is 82.8 cm³/mol. The highest BCUT2D eigenvalue weighted by Crippen LogP contribution is 2.55. The standard InChI is InChI=1S/C19H14F2O3/c1-12-11-23-19(24-16(12)13-7-3-2-4-8-13)15-10-6-5-9-14(15)17(22)18(19,20)21/h2-10,16H,1,11H2/t16-,19+/m1/s1. The van der Waals surface area contributed by atoms with Gasteiger partial charge in [-0.1, -0.05) is 61.2 Å². The highest BCUT2D eigenvalue weighted by Gasteiger charge is 2.70. The molecule has 0 N–H and O–H groups in total. The molecule has 4 rings (SSSR count). The zero-order valence-corrected chi connectivity index (χ0v) is 12.7. The quantitative estimate of drug-likeness (QED) is 0.742. The van der Waals surface area contributed by atoms with Crippen molar-refractivity contribution in [2.45, 2.75) is 17.8 Å². The first-order chi connectivity index (χ1) is 11.5. The van der Waals surface area contributed by atoms with Crippen LogP contribution >= 0.6 is 0 Å². The highest BCUT2D eigenvalue weighted by molar-refractivity contribution is 6.07. The molecule has 1 aliphatic heterocycles. The number of hydrogen-bond acceptors (Lipinski definition) is 3. The van der Waals surface area contributed by atoms with Crippen molar-refractivity contribution in [1.82, 2.24) is 0 Å². The first-order valence-electron chi connectivity index (χ1n) is 7.54. The van der Waals surface area contributed by atoms with Crippen LogP contribution in [0.15, 0.2) is 66.7 Å². The van der Waals surface area contributed by atoms with Gasteiger partial charge in [0.25, 0.3) is 5.79 Å². The lowest BCUT2D eigenvalue weighted by molar-refractivity contribution is -0.352. The van der Waals surface area contributed by atoms with Gasteiger partial charge in [0.1, 0.15) is 6.10 Å². The summed E-state index contributed by atoms with van der Waals surface area (Å²) < 4.78 is 40.9. The molecule has 2 aromatic carbocycles. The zero-order chi connectivity index (χ0) is 16.9. The van der Waals surface area contributed by atoms with Crippen molar-refractivity contribution >= 4 is 5.78 Å². The van der Waals surface area contributed by atoms with Crippen LogP contribution in [0.3, 0.4) is 0 Å². The number of ether oxygens (including phenoxy) is 2. The molecule has 1 saturated heterocycles. The summed E-state index contributed by atoms with van der Waals surface area (Å²) in [4.78, 5) is 12.2. The van der Waals surface area contributed by atoms with Gasteiger partial charge in [-0.25, -0.2) is 0 Å². The Hall–Kier alpha value is -2.37. The van der Waals surface area contributed by atoms with Crippen molar-refractivity contribution in [3.63, 3.8) is 0 Å². The number of Topliss-reactive ketones (excluding diaryl/α,β-unsaturated/α-hetero) is 1. The molecule has 0 unspecified atom stereocenters. The minimum absolute atomic E-state index is 0.0634. The van der Waals surface area contributed by atoms with Crippen LogP contribution < -0.4 is 0 Å². The fraction of sp³-hybridized carbons (Fsp3) is 0.211. The van der Waals surface area contributed by atoms with Gasteiger partial charge in [0, 0.05) is 11.1 Å². The lowest BCUT2D eigenvalue weighted by Crippen LogP contribution is -2.52. The molecule has 0 bridgehead atoms. The third-order valence-electron chi connectivity index (χ3n) is 4.44. The largest absolute Gasteiger partial charge is 0.366 e. The summed E-state index contributed by atoms with van der Waals surface area (Å²) >= 11 is 0. The molecular weight excluding hydrogens is 314 g/mol. The van der Waals surface area contributed by atoms with E-state index in [0.717, 1.165) is 0 Å². The molecule has 0 aromatic heterocycles. The van der Waals surface area contributed by atoms with E-state index >= 15 is 0 Å². The number of carbonyl (C=O) groups is 1. The average molecular weight is 328 g/mol. The van der Waals surface area contributed by atoms with E-state index in [1.165, 1.54) is 12.1 Å². The molecule has 0 radical (unpaired) electrons. The Bertz CT molecular complexity index is 832. The summed E-state index contributed by atoms with van der Waals surface area (Å²) in [5.41, 5.74) is 1.22. The summed E-state index contributed by atoms with van der Waals surface area (Å²) in [7, 11) is 0. The van der Waals surface area contributed by atoms with Crippen LogP contribution in [0.2, 0.25) is 0 Å². The molecule has 1 aliphatic carbocycles. The maximum Gasteiger partial charge on any atom is 0.366 e. The Morgan fingerprint density at radius 1 is 1.04 bits per heavy atom. The van der Waals surface area contributed by atoms with E-state index in [9.17, 15) is 13.6 Å². The van der Waals surface area contributed by atoms with Gasteiger partial charge in [0.05, 0.1) is 6.61 Å². The van der Waals surface area contributed by atoms with Crippen LogP contribution in [-0.2, 0) is 15.3 Å². The Morgan fingerprint density at radius 2 is 1.71 bits per heavy atom. The van der Waals surface area contributed by atoms with Crippen molar-refractivity contribution in [1.29, 1.82) is 0 Å². The lowest BCUT2D eigenvalue weighted by atomic mass is 9.98. The number of fused-ring (bicyclic) bond motifs is 2. The minimum atomic E-state index is -3.80. The van der Waals surface area contributed by atoms with Gasteiger partial charge in [0.15, 0.2) is 0 Å². The molecule has 1 fully saturated rings. The van der Waals surface area contributed by atoms with Gasteiger partial charge in [-0.15, -0.1) is 0 Å². The molecule has 1 spiro atoms. The number of benzene rings is 2. The van der Waals surface area contributed by atoms with E-state index in [2.05, 4.69) is 6.58 Å². The van der Waals surface area contributed by atoms with Crippen molar-refractivity contribution in [3.05, 3.63) is 83.4 Å². The second-order valence-corrected chi connectivity index (χ2v) is 5.92. The van der Waals surface area contributed by atoms with Gasteiger partial charge in [-0.3, -0.25) is 4.79 Å². The van der Waals surface area contributed by atoms with Crippen molar-refractivity contribution < 1.29 is 23.0 Å². The van der Waals surface area contributed by atoms with Crippen LogP contribution in [-0.4, -0.2) is 18.3 Å². The van der Waals surface area contributed by atoms with Crippen LogP contribution in [0.4, 0.5) is 8.78 Å². The van der Waals surface area contributed by atoms with E-state index in [1.807, 2.05) is 6.07 Å². The maximum atomic E-state index is 14.9. The molecule has 3 nitrogen and oxygen atoms in total. The molecule has 24 heavy (non-hydrogen) atoms. The summed E-state index contributed by atoms with van der Waals surface area (Å²) in [5, 5.41) is 0. The van der Waals surface area contributed by atoms with Gasteiger partial charge in [-0.2, -0.15) is 8.78 Å². The summed E-state index contributed by atoms with van der Waals surface area (Å²) in [6.07, 6.45) is -0.773. The van der Waals surface area contributed by atoms with E-state index in [0.29, 0.717) is 11.1 Å². The van der Waals surface area contributed by atoms with E-state index in [-0.39, 0.29) is 17.7 Å². The maximum absolute atomic E-state index is 14.9. The number of alkyl halides is 2. The second-order valence-electron chi connectivity index (χ2n) is 5.92. The summed E-state index contributed by atoms with van der Waals surface area (Å²) in [5.74, 6) is -7.50. The highest BCUT2D eigenvalue weighted by atomic mass is 19.3. The summed E-state index contributed by atoms with van der Waals surface area (Å²) in [6.45, 7) is 3.76. The topological polar surface area (TPSA) is 35.5 Å². The van der Waals surface area contributed by atoms with Gasteiger partial charge in [0.2, 0.25) is 5.78 Å². The summed E-state index contributed by atoms with van der Waals surface area (Å²) in [6, 6.07) is 14.9. The monoisotopic (exact) mass is 328 g/mol. The molecule has 2 aromatic rings. The fourth-order valence-corrected chi connectivity index (χ4v) is 3.25. The fourth-order valence-electron chi connectivity index (χ4n) is 3.25. The molecule has 2 atom stereocenters. The normalized spacial score (nSPS) is 28.2. The lowest BCUT2D eigenvalue weighted by Gasteiger charge is -2.42. The average Bonchev–Trinajstić information content (AvgIpc) is 2.77. The molecule has 5 heteroatoms. The smallest absolute Gasteiger partial charge is 0.336 e. The molecule has 0 amide bonds. The SMILES string of the molecule is C=C1CO[C@]2(O[C@H]1c1ccccc1)c1ccccc1C(=O)C2(F)F. The Kier molecular flexibility index (Phi) is 3.20. The van der Waals surface area contributed by atoms with Crippen LogP contribution in [0.1, 0.15) is 27.6 Å². The Labute approximate surface area is 137 Å². The van der Waals surface area contributed by atoms with E-state index in [1.54, 1.807) is 36.4 Å². The second kappa shape index (κ2) is 5.06. The first kappa shape index (κ1) is 15.2. The van der Waals surface area contributed by atoms with Crippen LogP contribution in [0, 0.1) is 0 Å². The first-order valence-corrected chi connectivity index (χ1v) is 7.54. The Balaban J connectivity index is 1.85. The Morgan fingerprint density at radius 3 is 2.46 bits per heavy atom. The van der Waals surface area contributed by atoms with Crippen molar-refractivity contribution in [3.8, 4) is 0 Å². The van der Waals surface area contributed by atoms with Crippen molar-refractivity contribution in [2.24, 2.45) is 0 Å².